The Bertz CT molecular complexity index is 345. The van der Waals surface area contributed by atoms with E-state index >= 15 is 0 Å². The number of rotatable bonds is 1. The van der Waals surface area contributed by atoms with Gasteiger partial charge in [0.2, 0.25) is 0 Å². The van der Waals surface area contributed by atoms with Crippen LogP contribution in [0.1, 0.15) is 0 Å². The molecule has 0 radical (unpaired) electrons. The van der Waals surface area contributed by atoms with Gasteiger partial charge in [0.05, 0.1) is 6.20 Å². The van der Waals surface area contributed by atoms with Gasteiger partial charge in [-0.05, 0) is 11.5 Å². The largest absolute Gasteiger partial charge is 0.411 e. The molecule has 2 aromatic heterocycles. The van der Waals surface area contributed by atoms with E-state index in [0.29, 0.717) is 9.79 Å². The molecule has 11 heavy (non-hydrogen) atoms. The molecule has 0 unspecified atom stereocenters. The molecule has 0 amide bonds. The van der Waals surface area contributed by atoms with Crippen molar-refractivity contribution in [1.29, 1.82) is 0 Å². The van der Waals surface area contributed by atoms with Gasteiger partial charge in [-0.2, -0.15) is 0 Å². The lowest BCUT2D eigenvalue weighted by Crippen LogP contribution is -1.70. The van der Waals surface area contributed by atoms with E-state index in [9.17, 15) is 0 Å². The molecule has 2 heterocycles. The Morgan fingerprint density at radius 3 is 2.91 bits per heavy atom. The molecular formula is C4HIN4OS. The molecule has 0 aliphatic heterocycles. The van der Waals surface area contributed by atoms with Crippen molar-refractivity contribution < 1.29 is 4.42 Å². The minimum absolute atomic E-state index is 0.476. The Morgan fingerprint density at radius 2 is 2.36 bits per heavy atom. The van der Waals surface area contributed by atoms with Gasteiger partial charge in [0, 0.05) is 22.6 Å². The van der Waals surface area contributed by atoms with E-state index in [2.05, 4.69) is 19.8 Å². The molecule has 0 fully saturated rings. The second-order valence-corrected chi connectivity index (χ2v) is 3.35. The van der Waals surface area contributed by atoms with E-state index in [1.165, 1.54) is 11.5 Å². The fourth-order valence-corrected chi connectivity index (χ4v) is 1.32. The highest BCUT2D eigenvalue weighted by molar-refractivity contribution is 14.1. The maximum Gasteiger partial charge on any atom is 0.278 e. The molecule has 0 aliphatic rings. The fraction of sp³-hybridized carbons (Fsp3) is 0. The Labute approximate surface area is 79.1 Å². The molecule has 0 saturated carbocycles. The number of aromatic nitrogens is 4. The summed E-state index contributed by atoms with van der Waals surface area (Å²) in [7, 11) is 0. The zero-order valence-electron chi connectivity index (χ0n) is 5.06. The van der Waals surface area contributed by atoms with Gasteiger partial charge in [0.15, 0.2) is 0 Å². The molecule has 0 atom stereocenters. The van der Waals surface area contributed by atoms with Gasteiger partial charge >= 0.3 is 0 Å². The van der Waals surface area contributed by atoms with Gasteiger partial charge < -0.3 is 4.42 Å². The van der Waals surface area contributed by atoms with Crippen LogP contribution in [0.5, 0.6) is 0 Å². The molecule has 0 aromatic carbocycles. The van der Waals surface area contributed by atoms with E-state index in [0.717, 1.165) is 4.88 Å². The van der Waals surface area contributed by atoms with Crippen LogP contribution < -0.4 is 0 Å². The van der Waals surface area contributed by atoms with E-state index in [1.54, 1.807) is 6.20 Å². The van der Waals surface area contributed by atoms with Crippen LogP contribution in [-0.4, -0.2) is 19.8 Å². The summed E-state index contributed by atoms with van der Waals surface area (Å²) in [5, 5.41) is 11.1. The zero-order valence-corrected chi connectivity index (χ0v) is 8.03. The van der Waals surface area contributed by atoms with Gasteiger partial charge in [-0.25, -0.2) is 0 Å². The third-order valence-corrected chi connectivity index (χ3v) is 2.06. The molecule has 5 nitrogen and oxygen atoms in total. The van der Waals surface area contributed by atoms with Crippen molar-refractivity contribution in [1.82, 2.24) is 19.8 Å². The Morgan fingerprint density at radius 1 is 1.45 bits per heavy atom. The lowest BCUT2D eigenvalue weighted by atomic mass is 10.6. The van der Waals surface area contributed by atoms with Crippen molar-refractivity contribution in [2.45, 2.75) is 0 Å². The Kier molecular flexibility index (Phi) is 1.82. The summed E-state index contributed by atoms with van der Waals surface area (Å²) in [6, 6.07) is 0. The fourth-order valence-electron chi connectivity index (χ4n) is 0.566. The molecule has 0 saturated heterocycles. The maximum absolute atomic E-state index is 5.12. The van der Waals surface area contributed by atoms with E-state index in [1.807, 2.05) is 22.6 Å². The SMILES string of the molecule is Ic1nnc(-c2cnns2)o1. The number of halogens is 1. The quantitative estimate of drug-likeness (QED) is 0.734. The minimum atomic E-state index is 0.476. The third kappa shape index (κ3) is 1.38. The number of hydrogen-bond donors (Lipinski definition) is 0. The zero-order chi connectivity index (χ0) is 7.68. The van der Waals surface area contributed by atoms with Crippen LogP contribution >= 0.6 is 34.1 Å². The smallest absolute Gasteiger partial charge is 0.278 e. The number of hydrogen-bond acceptors (Lipinski definition) is 6. The van der Waals surface area contributed by atoms with Crippen LogP contribution in [0.15, 0.2) is 10.6 Å². The van der Waals surface area contributed by atoms with Crippen LogP contribution in [0.2, 0.25) is 0 Å². The second-order valence-electron chi connectivity index (χ2n) is 1.64. The highest BCUT2D eigenvalue weighted by Gasteiger charge is 2.07. The van der Waals surface area contributed by atoms with E-state index < -0.39 is 0 Å². The third-order valence-electron chi connectivity index (χ3n) is 0.972. The van der Waals surface area contributed by atoms with Crippen molar-refractivity contribution >= 4 is 34.1 Å². The van der Waals surface area contributed by atoms with E-state index in [4.69, 9.17) is 4.42 Å². The molecule has 56 valence electrons. The first-order valence-electron chi connectivity index (χ1n) is 2.63. The molecule has 2 aromatic rings. The topological polar surface area (TPSA) is 64.7 Å². The predicted molar refractivity (Wildman–Crippen MR) is 45.9 cm³/mol. The summed E-state index contributed by atoms with van der Waals surface area (Å²) in [5.41, 5.74) is 0. The molecule has 0 spiro atoms. The summed E-state index contributed by atoms with van der Waals surface area (Å²) in [6.07, 6.45) is 1.59. The average molecular weight is 280 g/mol. The number of nitrogens with zero attached hydrogens (tertiary/aromatic N) is 4. The highest BCUT2D eigenvalue weighted by Crippen LogP contribution is 2.19. The van der Waals surface area contributed by atoms with Gasteiger partial charge in [0.25, 0.3) is 9.79 Å². The van der Waals surface area contributed by atoms with Gasteiger partial charge in [-0.15, -0.1) is 15.3 Å². The summed E-state index contributed by atoms with van der Waals surface area (Å²) in [6.45, 7) is 0. The summed E-state index contributed by atoms with van der Waals surface area (Å²) in [5.74, 6) is 0.476. The van der Waals surface area contributed by atoms with E-state index in [-0.39, 0.29) is 0 Å². The van der Waals surface area contributed by atoms with Gasteiger partial charge in [-0.3, -0.25) is 0 Å². The summed E-state index contributed by atoms with van der Waals surface area (Å²) in [4.78, 5) is 0.792. The van der Waals surface area contributed by atoms with Crippen molar-refractivity contribution in [3.8, 4) is 10.8 Å². The van der Waals surface area contributed by atoms with Gasteiger partial charge in [0.1, 0.15) is 4.88 Å². The van der Waals surface area contributed by atoms with Crippen LogP contribution in [0.4, 0.5) is 0 Å². The monoisotopic (exact) mass is 280 g/mol. The van der Waals surface area contributed by atoms with Crippen molar-refractivity contribution in [3.05, 3.63) is 10.1 Å². The molecule has 2 rings (SSSR count). The highest BCUT2D eigenvalue weighted by atomic mass is 127. The minimum Gasteiger partial charge on any atom is -0.411 e. The first kappa shape index (κ1) is 7.10. The van der Waals surface area contributed by atoms with Crippen LogP contribution in [0.25, 0.3) is 10.8 Å². The molecule has 0 N–H and O–H groups in total. The summed E-state index contributed by atoms with van der Waals surface area (Å²) < 4.78 is 9.31. The molecule has 0 bridgehead atoms. The van der Waals surface area contributed by atoms with Crippen LogP contribution in [0, 0.1) is 3.90 Å². The lowest BCUT2D eigenvalue weighted by molar-refractivity contribution is 0.538. The van der Waals surface area contributed by atoms with Crippen LogP contribution in [-0.2, 0) is 0 Å². The summed E-state index contributed by atoms with van der Waals surface area (Å²) >= 11 is 3.18. The predicted octanol–water partition coefficient (Wildman–Crippen LogP) is 1.19. The normalized spacial score (nSPS) is 10.3. The molecule has 0 aliphatic carbocycles. The lowest BCUT2D eigenvalue weighted by Gasteiger charge is -1.79. The standard InChI is InChI=1S/C4HIN4OS/c5-4-8-7-3(10-4)2-1-6-9-11-2/h1H. The van der Waals surface area contributed by atoms with Crippen LogP contribution in [0.3, 0.4) is 0 Å². The second kappa shape index (κ2) is 2.81. The molecular weight excluding hydrogens is 279 g/mol. The van der Waals surface area contributed by atoms with Crippen molar-refractivity contribution in [3.63, 3.8) is 0 Å². The van der Waals surface area contributed by atoms with Crippen molar-refractivity contribution in [2.24, 2.45) is 0 Å². The first-order valence-corrected chi connectivity index (χ1v) is 4.48. The maximum atomic E-state index is 5.12. The average Bonchev–Trinajstić information content (AvgIpc) is 2.55. The first-order chi connectivity index (χ1) is 5.36. The molecule has 7 heteroatoms. The Balaban J connectivity index is 2.45. The van der Waals surface area contributed by atoms with Gasteiger partial charge in [-0.1, -0.05) is 4.49 Å². The van der Waals surface area contributed by atoms with Crippen molar-refractivity contribution in [2.75, 3.05) is 0 Å². The Hall–Kier alpha value is -0.570.